The Morgan fingerprint density at radius 3 is 2.88 bits per heavy atom. The third-order valence-electron chi connectivity index (χ3n) is 6.03. The molecule has 1 aliphatic carbocycles. The fourth-order valence-corrected chi connectivity index (χ4v) is 4.81. The Morgan fingerprint density at radius 2 is 2.08 bits per heavy atom. The quantitative estimate of drug-likeness (QED) is 0.624. The third-order valence-corrected chi connectivity index (χ3v) is 6.03. The number of rotatable bonds is 3. The van der Waals surface area contributed by atoms with E-state index in [4.69, 9.17) is 9.15 Å². The van der Waals surface area contributed by atoms with Crippen LogP contribution in [0.5, 0.6) is 0 Å². The van der Waals surface area contributed by atoms with Gasteiger partial charge >= 0.3 is 11.6 Å². The van der Waals surface area contributed by atoms with Crippen LogP contribution in [-0.4, -0.2) is 30.1 Å². The topological polar surface area (TPSA) is 59.8 Å². The lowest BCUT2D eigenvalue weighted by Crippen LogP contribution is -2.42. The van der Waals surface area contributed by atoms with Crippen LogP contribution in [0.1, 0.15) is 43.2 Å². The summed E-state index contributed by atoms with van der Waals surface area (Å²) in [6.07, 6.45) is 5.57. The first-order valence-corrected chi connectivity index (χ1v) is 9.44. The molecule has 138 valence electrons. The molecular weight excluding hydrogens is 330 g/mol. The Balaban J connectivity index is 1.73. The number of likely N-dealkylation sites (tertiary alicyclic amines) is 1. The second-order valence-corrected chi connectivity index (χ2v) is 7.65. The van der Waals surface area contributed by atoms with Crippen molar-refractivity contribution in [3.05, 3.63) is 45.8 Å². The number of nitrogens with zero attached hydrogens (tertiary/aromatic N) is 1. The number of carbonyl (C=O) groups excluding carboxylic acids is 1. The molecule has 2 heterocycles. The van der Waals surface area contributed by atoms with Gasteiger partial charge in [0.25, 0.3) is 0 Å². The fourth-order valence-electron chi connectivity index (χ4n) is 4.81. The van der Waals surface area contributed by atoms with E-state index >= 15 is 0 Å². The first-order chi connectivity index (χ1) is 12.6. The smallest absolute Gasteiger partial charge is 0.336 e. The highest BCUT2D eigenvalue weighted by molar-refractivity contribution is 5.81. The van der Waals surface area contributed by atoms with Crippen LogP contribution in [0.2, 0.25) is 0 Å². The first kappa shape index (κ1) is 17.3. The van der Waals surface area contributed by atoms with Gasteiger partial charge in [-0.25, -0.2) is 4.79 Å². The van der Waals surface area contributed by atoms with Crippen LogP contribution >= 0.6 is 0 Å². The molecule has 0 amide bonds. The van der Waals surface area contributed by atoms with Crippen molar-refractivity contribution in [3.8, 4) is 0 Å². The molecule has 4 rings (SSSR count). The molecule has 0 radical (unpaired) electrons. The molecule has 2 aliphatic rings. The average Bonchev–Trinajstić information content (AvgIpc) is 2.99. The third kappa shape index (κ3) is 3.05. The predicted octanol–water partition coefficient (Wildman–Crippen LogP) is 3.41. The predicted molar refractivity (Wildman–Crippen MR) is 98.9 cm³/mol. The molecule has 1 saturated heterocycles. The van der Waals surface area contributed by atoms with E-state index in [0.29, 0.717) is 24.1 Å². The maximum Gasteiger partial charge on any atom is 0.336 e. The zero-order chi connectivity index (χ0) is 18.3. The van der Waals surface area contributed by atoms with Crippen molar-refractivity contribution in [3.63, 3.8) is 0 Å². The maximum absolute atomic E-state index is 12.4. The number of benzene rings is 1. The van der Waals surface area contributed by atoms with Crippen LogP contribution in [0.3, 0.4) is 0 Å². The van der Waals surface area contributed by atoms with Gasteiger partial charge in [-0.05, 0) is 49.3 Å². The van der Waals surface area contributed by atoms with Crippen LogP contribution in [0, 0.1) is 12.8 Å². The van der Waals surface area contributed by atoms with E-state index in [-0.39, 0.29) is 17.6 Å². The standard InChI is InChI=1S/C21H25NO4/c1-13-7-8-16-15(11-20(23)26-19(16)9-13)12-22-17-6-4-3-5-14(17)10-18(22)21(24)25-2/h7-9,11,14,17-18H,3-6,10,12H2,1-2H3/t14-,17+,18-/m1/s1. The second-order valence-electron chi connectivity index (χ2n) is 7.65. The molecular formula is C21H25NO4. The van der Waals surface area contributed by atoms with Gasteiger partial charge in [0, 0.05) is 24.0 Å². The summed E-state index contributed by atoms with van der Waals surface area (Å²) in [4.78, 5) is 26.7. The maximum atomic E-state index is 12.4. The minimum absolute atomic E-state index is 0.164. The van der Waals surface area contributed by atoms with Crippen molar-refractivity contribution in [2.24, 2.45) is 5.92 Å². The molecule has 5 nitrogen and oxygen atoms in total. The Hall–Kier alpha value is -2.14. The largest absolute Gasteiger partial charge is 0.468 e. The van der Waals surface area contributed by atoms with E-state index in [1.807, 2.05) is 25.1 Å². The van der Waals surface area contributed by atoms with E-state index < -0.39 is 0 Å². The number of hydrogen-bond donors (Lipinski definition) is 0. The molecule has 0 unspecified atom stereocenters. The Morgan fingerprint density at radius 1 is 1.27 bits per heavy atom. The van der Waals surface area contributed by atoms with Crippen LogP contribution in [0.25, 0.3) is 11.0 Å². The lowest BCUT2D eigenvalue weighted by molar-refractivity contribution is -0.146. The molecule has 2 fully saturated rings. The zero-order valence-electron chi connectivity index (χ0n) is 15.4. The fraction of sp³-hybridized carbons (Fsp3) is 0.524. The summed E-state index contributed by atoms with van der Waals surface area (Å²) in [6.45, 7) is 2.55. The lowest BCUT2D eigenvalue weighted by atomic mass is 9.84. The highest BCUT2D eigenvalue weighted by Gasteiger charge is 2.45. The van der Waals surface area contributed by atoms with E-state index in [2.05, 4.69) is 4.90 Å². The minimum Gasteiger partial charge on any atom is -0.468 e. The van der Waals surface area contributed by atoms with Crippen molar-refractivity contribution in [1.82, 2.24) is 4.90 Å². The second kappa shape index (κ2) is 6.88. The summed E-state index contributed by atoms with van der Waals surface area (Å²) < 4.78 is 10.5. The van der Waals surface area contributed by atoms with Crippen LogP contribution < -0.4 is 5.63 Å². The van der Waals surface area contributed by atoms with Crippen molar-refractivity contribution in [1.29, 1.82) is 0 Å². The summed E-state index contributed by atoms with van der Waals surface area (Å²) in [5.41, 5.74) is 2.25. The molecule has 2 aromatic rings. The summed E-state index contributed by atoms with van der Waals surface area (Å²) >= 11 is 0. The van der Waals surface area contributed by atoms with E-state index in [0.717, 1.165) is 29.4 Å². The highest BCUT2D eigenvalue weighted by atomic mass is 16.5. The first-order valence-electron chi connectivity index (χ1n) is 9.44. The lowest BCUT2D eigenvalue weighted by Gasteiger charge is -2.33. The molecule has 1 saturated carbocycles. The molecule has 0 spiro atoms. The zero-order valence-corrected chi connectivity index (χ0v) is 15.4. The van der Waals surface area contributed by atoms with Gasteiger partial charge in [-0.2, -0.15) is 0 Å². The van der Waals surface area contributed by atoms with Crippen LogP contribution in [0.15, 0.2) is 33.5 Å². The van der Waals surface area contributed by atoms with Gasteiger partial charge in [0.15, 0.2) is 0 Å². The number of carbonyl (C=O) groups is 1. The number of hydrogen-bond acceptors (Lipinski definition) is 5. The van der Waals surface area contributed by atoms with Crippen molar-refractivity contribution in [2.45, 2.75) is 57.7 Å². The Bertz CT molecular complexity index is 887. The Labute approximate surface area is 152 Å². The van der Waals surface area contributed by atoms with Crippen LogP contribution in [-0.2, 0) is 16.1 Å². The van der Waals surface area contributed by atoms with Gasteiger partial charge in [0.05, 0.1) is 7.11 Å². The number of aryl methyl sites for hydroxylation is 1. The Kier molecular flexibility index (Phi) is 4.57. The van der Waals surface area contributed by atoms with Crippen molar-refractivity contribution < 1.29 is 13.9 Å². The average molecular weight is 355 g/mol. The number of ether oxygens (including phenoxy) is 1. The van der Waals surface area contributed by atoms with E-state index in [1.54, 1.807) is 6.07 Å². The van der Waals surface area contributed by atoms with Crippen molar-refractivity contribution in [2.75, 3.05) is 7.11 Å². The van der Waals surface area contributed by atoms with Gasteiger partial charge in [0.1, 0.15) is 11.6 Å². The normalized spacial score (nSPS) is 26.0. The van der Waals surface area contributed by atoms with Gasteiger partial charge in [0.2, 0.25) is 0 Å². The van der Waals surface area contributed by atoms with Crippen molar-refractivity contribution >= 4 is 16.9 Å². The summed E-state index contributed by atoms with van der Waals surface area (Å²) in [5, 5.41) is 0.943. The number of esters is 1. The molecule has 1 aromatic heterocycles. The minimum atomic E-state index is -0.341. The molecule has 26 heavy (non-hydrogen) atoms. The molecule has 0 N–H and O–H groups in total. The van der Waals surface area contributed by atoms with Gasteiger partial charge in [-0.3, -0.25) is 9.69 Å². The molecule has 1 aliphatic heterocycles. The molecule has 1 aromatic carbocycles. The molecule has 3 atom stereocenters. The molecule has 0 bridgehead atoms. The highest BCUT2D eigenvalue weighted by Crippen LogP contribution is 2.41. The van der Waals surface area contributed by atoms with Gasteiger partial charge in [-0.15, -0.1) is 0 Å². The number of fused-ring (bicyclic) bond motifs is 2. The monoisotopic (exact) mass is 355 g/mol. The van der Waals surface area contributed by atoms with E-state index in [9.17, 15) is 9.59 Å². The summed E-state index contributed by atoms with van der Waals surface area (Å²) in [7, 11) is 1.46. The molecule has 5 heteroatoms. The summed E-state index contributed by atoms with van der Waals surface area (Å²) in [5.74, 6) is 0.379. The van der Waals surface area contributed by atoms with E-state index in [1.165, 1.54) is 26.4 Å². The SMILES string of the molecule is COC(=O)[C@H]1C[C@H]2CCCC[C@@H]2N1Cc1cc(=O)oc2cc(C)ccc12. The van der Waals surface area contributed by atoms with Gasteiger partial charge in [-0.1, -0.05) is 25.0 Å². The van der Waals surface area contributed by atoms with Crippen LogP contribution in [0.4, 0.5) is 0 Å². The van der Waals surface area contributed by atoms with Gasteiger partial charge < -0.3 is 9.15 Å². The summed E-state index contributed by atoms with van der Waals surface area (Å²) in [6, 6.07) is 7.66. The number of methoxy groups -OCH3 is 1.